The Morgan fingerprint density at radius 2 is 2.20 bits per heavy atom. The van der Waals surface area contributed by atoms with E-state index in [4.69, 9.17) is 10.00 Å². The third kappa shape index (κ3) is 5.05. The highest BCUT2D eigenvalue weighted by molar-refractivity contribution is 5.75. The van der Waals surface area contributed by atoms with E-state index in [0.29, 0.717) is 30.3 Å². The monoisotopic (exact) mass is 273 g/mol. The zero-order valence-electron chi connectivity index (χ0n) is 12.4. The second kappa shape index (κ2) is 9.14. The molecule has 1 aromatic carbocycles. The van der Waals surface area contributed by atoms with Crippen LogP contribution in [0.15, 0.2) is 18.2 Å². The average molecular weight is 273 g/mol. The van der Waals surface area contributed by atoms with Crippen LogP contribution < -0.4 is 4.74 Å². The molecule has 1 atom stereocenters. The van der Waals surface area contributed by atoms with Crippen LogP contribution in [0, 0.1) is 17.2 Å². The highest BCUT2D eigenvalue weighted by Crippen LogP contribution is 2.22. The second-order valence-electron chi connectivity index (χ2n) is 5.05. The van der Waals surface area contributed by atoms with Crippen molar-refractivity contribution in [3.05, 3.63) is 29.3 Å². The molecule has 0 aliphatic heterocycles. The molecule has 3 heteroatoms. The summed E-state index contributed by atoms with van der Waals surface area (Å²) < 4.78 is 5.87. The van der Waals surface area contributed by atoms with Crippen molar-refractivity contribution in [1.29, 1.82) is 5.26 Å². The first-order valence-corrected chi connectivity index (χ1v) is 7.32. The van der Waals surface area contributed by atoms with Gasteiger partial charge in [-0.15, -0.1) is 0 Å². The zero-order valence-corrected chi connectivity index (χ0v) is 12.4. The van der Waals surface area contributed by atoms with E-state index in [1.54, 1.807) is 18.2 Å². The summed E-state index contributed by atoms with van der Waals surface area (Å²) in [5, 5.41) is 8.84. The molecule has 3 nitrogen and oxygen atoms in total. The van der Waals surface area contributed by atoms with Crippen molar-refractivity contribution in [3.63, 3.8) is 0 Å². The fourth-order valence-electron chi connectivity index (χ4n) is 2.12. The van der Waals surface area contributed by atoms with E-state index in [9.17, 15) is 4.79 Å². The van der Waals surface area contributed by atoms with Gasteiger partial charge in [-0.05, 0) is 18.4 Å². The lowest BCUT2D eigenvalue weighted by Crippen LogP contribution is -2.12. The minimum atomic E-state index is 0.306. The lowest BCUT2D eigenvalue weighted by atomic mass is 10.0. The van der Waals surface area contributed by atoms with Gasteiger partial charge in [0.15, 0.2) is 0 Å². The predicted molar refractivity (Wildman–Crippen MR) is 79.9 cm³/mol. The van der Waals surface area contributed by atoms with Gasteiger partial charge in [0.1, 0.15) is 12.0 Å². The van der Waals surface area contributed by atoms with Crippen LogP contribution in [-0.4, -0.2) is 12.9 Å². The molecule has 0 saturated carbocycles. The number of nitrogens with zero attached hydrogens (tertiary/aromatic N) is 1. The zero-order chi connectivity index (χ0) is 14.8. The molecule has 0 aromatic heterocycles. The van der Waals surface area contributed by atoms with Crippen LogP contribution in [0.4, 0.5) is 0 Å². The summed E-state index contributed by atoms with van der Waals surface area (Å²) in [6.07, 6.45) is 5.75. The van der Waals surface area contributed by atoms with Gasteiger partial charge in [0.05, 0.1) is 19.1 Å². The Balaban J connectivity index is 2.73. The molecule has 0 spiro atoms. The molecule has 1 rings (SSSR count). The van der Waals surface area contributed by atoms with E-state index in [1.807, 2.05) is 0 Å². The highest BCUT2D eigenvalue weighted by atomic mass is 16.5. The van der Waals surface area contributed by atoms with Crippen LogP contribution in [0.3, 0.4) is 0 Å². The molecule has 0 amide bonds. The SMILES string of the molecule is CCCC[C@H](CC)COc1cc(C=O)ccc1CC#N. The Hall–Kier alpha value is -1.82. The number of aldehydes is 1. The smallest absolute Gasteiger partial charge is 0.150 e. The molecule has 0 bridgehead atoms. The van der Waals surface area contributed by atoms with Gasteiger partial charge in [0.2, 0.25) is 0 Å². The van der Waals surface area contributed by atoms with Crippen LogP contribution >= 0.6 is 0 Å². The maximum atomic E-state index is 10.8. The van der Waals surface area contributed by atoms with Gasteiger partial charge in [-0.25, -0.2) is 0 Å². The maximum absolute atomic E-state index is 10.8. The van der Waals surface area contributed by atoms with E-state index >= 15 is 0 Å². The van der Waals surface area contributed by atoms with Gasteiger partial charge < -0.3 is 4.74 Å². The topological polar surface area (TPSA) is 50.1 Å². The Bertz CT molecular complexity index is 463. The molecule has 1 aromatic rings. The van der Waals surface area contributed by atoms with Gasteiger partial charge in [-0.2, -0.15) is 5.26 Å². The molecule has 20 heavy (non-hydrogen) atoms. The standard InChI is InChI=1S/C17H23NO2/c1-3-5-6-14(4-2)13-20-17-11-15(12-19)7-8-16(17)9-10-18/h7-8,11-12,14H,3-6,9,13H2,1-2H3/t14-/m0/s1. The van der Waals surface area contributed by atoms with Crippen molar-refractivity contribution in [2.24, 2.45) is 5.92 Å². The molecular weight excluding hydrogens is 250 g/mol. The number of hydrogen-bond donors (Lipinski definition) is 0. The average Bonchev–Trinajstić information content (AvgIpc) is 2.49. The Morgan fingerprint density at radius 1 is 1.40 bits per heavy atom. The van der Waals surface area contributed by atoms with Crippen molar-refractivity contribution in [3.8, 4) is 11.8 Å². The first kappa shape index (κ1) is 16.2. The van der Waals surface area contributed by atoms with Gasteiger partial charge in [-0.1, -0.05) is 45.2 Å². The number of benzene rings is 1. The Labute approximate surface area is 121 Å². The van der Waals surface area contributed by atoms with E-state index in [1.165, 1.54) is 12.8 Å². The van der Waals surface area contributed by atoms with Crippen LogP contribution in [0.5, 0.6) is 5.75 Å². The molecular formula is C17H23NO2. The van der Waals surface area contributed by atoms with Crippen LogP contribution in [-0.2, 0) is 6.42 Å². The summed E-state index contributed by atoms with van der Waals surface area (Å²) >= 11 is 0. The van der Waals surface area contributed by atoms with E-state index < -0.39 is 0 Å². The fourth-order valence-corrected chi connectivity index (χ4v) is 2.12. The number of carbonyl (C=O) groups is 1. The molecule has 0 aliphatic carbocycles. The van der Waals surface area contributed by atoms with Crippen molar-refractivity contribution in [1.82, 2.24) is 0 Å². The second-order valence-corrected chi connectivity index (χ2v) is 5.05. The van der Waals surface area contributed by atoms with Crippen LogP contribution in [0.2, 0.25) is 0 Å². The van der Waals surface area contributed by atoms with E-state index in [0.717, 1.165) is 24.7 Å². The van der Waals surface area contributed by atoms with Crippen molar-refractivity contribution in [2.75, 3.05) is 6.61 Å². The lowest BCUT2D eigenvalue weighted by Gasteiger charge is -2.17. The normalized spacial score (nSPS) is 11.7. The lowest BCUT2D eigenvalue weighted by molar-refractivity contribution is 0.112. The fraction of sp³-hybridized carbons (Fsp3) is 0.529. The summed E-state index contributed by atoms with van der Waals surface area (Å²) in [6.45, 7) is 5.01. The van der Waals surface area contributed by atoms with Crippen molar-refractivity contribution >= 4 is 6.29 Å². The number of hydrogen-bond acceptors (Lipinski definition) is 3. The highest BCUT2D eigenvalue weighted by Gasteiger charge is 2.10. The third-order valence-electron chi connectivity index (χ3n) is 3.51. The van der Waals surface area contributed by atoms with E-state index in [2.05, 4.69) is 19.9 Å². The Kier molecular flexibility index (Phi) is 7.42. The third-order valence-corrected chi connectivity index (χ3v) is 3.51. The predicted octanol–water partition coefficient (Wildman–Crippen LogP) is 4.16. The number of rotatable bonds is 9. The Morgan fingerprint density at radius 3 is 2.80 bits per heavy atom. The maximum Gasteiger partial charge on any atom is 0.150 e. The molecule has 0 heterocycles. The first-order valence-electron chi connectivity index (χ1n) is 7.32. The summed E-state index contributed by atoms with van der Waals surface area (Å²) in [5.74, 6) is 1.20. The number of unbranched alkanes of at least 4 members (excludes halogenated alkanes) is 1. The molecule has 0 unspecified atom stereocenters. The van der Waals surface area contributed by atoms with Gasteiger partial charge in [0, 0.05) is 11.1 Å². The first-order chi connectivity index (χ1) is 9.74. The number of ether oxygens (including phenoxy) is 1. The largest absolute Gasteiger partial charge is 0.493 e. The molecule has 0 aliphatic rings. The van der Waals surface area contributed by atoms with Crippen LogP contribution in [0.25, 0.3) is 0 Å². The van der Waals surface area contributed by atoms with Crippen LogP contribution in [0.1, 0.15) is 55.5 Å². The van der Waals surface area contributed by atoms with Gasteiger partial charge >= 0.3 is 0 Å². The minimum absolute atomic E-state index is 0.306. The van der Waals surface area contributed by atoms with Crippen molar-refractivity contribution in [2.45, 2.75) is 46.0 Å². The summed E-state index contributed by atoms with van der Waals surface area (Å²) in [6, 6.07) is 7.38. The molecule has 0 saturated heterocycles. The van der Waals surface area contributed by atoms with Gasteiger partial charge in [0.25, 0.3) is 0 Å². The minimum Gasteiger partial charge on any atom is -0.493 e. The number of nitriles is 1. The van der Waals surface area contributed by atoms with Gasteiger partial charge in [-0.3, -0.25) is 4.79 Å². The number of carbonyl (C=O) groups excluding carboxylic acids is 1. The van der Waals surface area contributed by atoms with Crippen molar-refractivity contribution < 1.29 is 9.53 Å². The van der Waals surface area contributed by atoms with E-state index in [-0.39, 0.29) is 0 Å². The quantitative estimate of drug-likeness (QED) is 0.635. The molecule has 108 valence electrons. The molecule has 0 fully saturated rings. The molecule has 0 radical (unpaired) electrons. The summed E-state index contributed by atoms with van der Waals surface area (Å²) in [4.78, 5) is 10.8. The summed E-state index contributed by atoms with van der Waals surface area (Å²) in [5.41, 5.74) is 1.44. The summed E-state index contributed by atoms with van der Waals surface area (Å²) in [7, 11) is 0. The molecule has 0 N–H and O–H groups in total.